The maximum Gasteiger partial charge on any atom is 0.134 e. The first-order valence-electron chi connectivity index (χ1n) is 2.77. The Labute approximate surface area is 69.2 Å². The van der Waals surface area contributed by atoms with Crippen molar-refractivity contribution in [3.05, 3.63) is 28.8 Å². The van der Waals surface area contributed by atoms with Gasteiger partial charge in [0, 0.05) is 5.88 Å². The number of phenols is 1. The zero-order chi connectivity index (χ0) is 7.56. The third kappa shape index (κ3) is 1.55. The molecule has 0 spiro atoms. The first-order valence-corrected chi connectivity index (χ1v) is 3.68. The van der Waals surface area contributed by atoms with Gasteiger partial charge >= 0.3 is 0 Å². The highest BCUT2D eigenvalue weighted by molar-refractivity contribution is 6.32. The van der Waals surface area contributed by atoms with E-state index >= 15 is 0 Å². The Kier molecular flexibility index (Phi) is 2.41. The average Bonchev–Trinajstić information content (AvgIpc) is 1.95. The molecule has 0 aliphatic heterocycles. The normalized spacial score (nSPS) is 9.80. The molecule has 1 N–H and O–H groups in total. The second kappa shape index (κ2) is 3.13. The summed E-state index contributed by atoms with van der Waals surface area (Å²) >= 11 is 11.1. The van der Waals surface area contributed by atoms with Crippen LogP contribution < -0.4 is 0 Å². The lowest BCUT2D eigenvalue weighted by Gasteiger charge is -1.97. The predicted molar refractivity (Wildman–Crippen MR) is 42.7 cm³/mol. The minimum Gasteiger partial charge on any atom is -0.506 e. The molecule has 0 heterocycles. The van der Waals surface area contributed by atoms with Crippen LogP contribution in [0.4, 0.5) is 0 Å². The van der Waals surface area contributed by atoms with E-state index < -0.39 is 0 Å². The zero-order valence-electron chi connectivity index (χ0n) is 5.14. The van der Waals surface area contributed by atoms with Gasteiger partial charge in [-0.1, -0.05) is 17.7 Å². The van der Waals surface area contributed by atoms with Gasteiger partial charge in [0.2, 0.25) is 0 Å². The highest BCUT2D eigenvalue weighted by Crippen LogP contribution is 2.23. The van der Waals surface area contributed by atoms with E-state index in [0.717, 1.165) is 5.56 Å². The molecule has 1 nitrogen and oxygen atoms in total. The van der Waals surface area contributed by atoms with E-state index in [0.29, 0.717) is 10.9 Å². The van der Waals surface area contributed by atoms with E-state index in [4.69, 9.17) is 28.3 Å². The van der Waals surface area contributed by atoms with Crippen LogP contribution in [0.5, 0.6) is 5.75 Å². The van der Waals surface area contributed by atoms with Crippen molar-refractivity contribution >= 4 is 23.2 Å². The summed E-state index contributed by atoms with van der Waals surface area (Å²) in [6, 6.07) is 4.90. The highest BCUT2D eigenvalue weighted by Gasteiger charge is 1.97. The van der Waals surface area contributed by atoms with Gasteiger partial charge in [0.15, 0.2) is 0 Å². The van der Waals surface area contributed by atoms with Crippen molar-refractivity contribution in [1.29, 1.82) is 0 Å². The quantitative estimate of drug-likeness (QED) is 0.654. The molecule has 0 fully saturated rings. The van der Waals surface area contributed by atoms with Crippen LogP contribution in [0, 0.1) is 0 Å². The number of benzene rings is 1. The first kappa shape index (κ1) is 7.70. The van der Waals surface area contributed by atoms with Crippen molar-refractivity contribution in [3.8, 4) is 5.75 Å². The van der Waals surface area contributed by atoms with Gasteiger partial charge in [0.1, 0.15) is 5.75 Å². The molecular weight excluding hydrogens is 171 g/mol. The Hall–Kier alpha value is -0.400. The van der Waals surface area contributed by atoms with Crippen LogP contribution in [0.25, 0.3) is 0 Å². The van der Waals surface area contributed by atoms with Crippen LogP contribution in [0.1, 0.15) is 5.56 Å². The minimum absolute atomic E-state index is 0.0931. The van der Waals surface area contributed by atoms with Crippen molar-refractivity contribution in [2.45, 2.75) is 5.88 Å². The van der Waals surface area contributed by atoms with Crippen molar-refractivity contribution in [1.82, 2.24) is 0 Å². The molecule has 0 saturated carbocycles. The van der Waals surface area contributed by atoms with Crippen LogP contribution in [0.15, 0.2) is 18.2 Å². The van der Waals surface area contributed by atoms with Gasteiger partial charge in [-0.25, -0.2) is 0 Å². The van der Waals surface area contributed by atoms with Gasteiger partial charge in [-0.05, 0) is 17.7 Å². The largest absolute Gasteiger partial charge is 0.506 e. The molecule has 1 aromatic carbocycles. The summed E-state index contributed by atoms with van der Waals surface area (Å²) in [5, 5.41) is 9.31. The van der Waals surface area contributed by atoms with Crippen LogP contribution in [-0.2, 0) is 5.88 Å². The molecule has 0 atom stereocenters. The number of hydrogen-bond donors (Lipinski definition) is 1. The summed E-state index contributed by atoms with van der Waals surface area (Å²) in [4.78, 5) is 0. The Bertz CT molecular complexity index is 235. The molecule has 0 aliphatic rings. The van der Waals surface area contributed by atoms with Gasteiger partial charge in [0.05, 0.1) is 5.02 Å². The molecule has 1 rings (SSSR count). The SMILES string of the molecule is Oc1ccc(CCl)cc1Cl. The smallest absolute Gasteiger partial charge is 0.134 e. The van der Waals surface area contributed by atoms with E-state index in [2.05, 4.69) is 0 Å². The maximum absolute atomic E-state index is 8.96. The van der Waals surface area contributed by atoms with E-state index in [9.17, 15) is 0 Å². The third-order valence-electron chi connectivity index (χ3n) is 1.17. The Balaban J connectivity index is 3.04. The molecule has 0 aromatic heterocycles. The number of rotatable bonds is 1. The first-order chi connectivity index (χ1) is 4.74. The molecule has 0 radical (unpaired) electrons. The van der Waals surface area contributed by atoms with Gasteiger partial charge in [-0.3, -0.25) is 0 Å². The number of halogens is 2. The van der Waals surface area contributed by atoms with Gasteiger partial charge in [0.25, 0.3) is 0 Å². The van der Waals surface area contributed by atoms with Gasteiger partial charge in [-0.2, -0.15) is 0 Å². The van der Waals surface area contributed by atoms with E-state index in [1.54, 1.807) is 12.1 Å². The van der Waals surface area contributed by atoms with Crippen LogP contribution in [-0.4, -0.2) is 5.11 Å². The summed E-state index contributed by atoms with van der Waals surface area (Å²) < 4.78 is 0. The molecule has 54 valence electrons. The van der Waals surface area contributed by atoms with Gasteiger partial charge < -0.3 is 5.11 Å². The van der Waals surface area contributed by atoms with Crippen molar-refractivity contribution in [2.24, 2.45) is 0 Å². The van der Waals surface area contributed by atoms with Crippen LogP contribution >= 0.6 is 23.2 Å². The molecule has 10 heavy (non-hydrogen) atoms. The Morgan fingerprint density at radius 2 is 2.10 bits per heavy atom. The Morgan fingerprint density at radius 3 is 2.60 bits per heavy atom. The number of phenolic OH excluding ortho intramolecular Hbond substituents is 1. The summed E-state index contributed by atoms with van der Waals surface area (Å²) in [5.74, 6) is 0.510. The van der Waals surface area contributed by atoms with Crippen LogP contribution in [0.3, 0.4) is 0 Å². The van der Waals surface area contributed by atoms with Crippen molar-refractivity contribution in [2.75, 3.05) is 0 Å². The maximum atomic E-state index is 8.96. The fourth-order valence-electron chi connectivity index (χ4n) is 0.634. The van der Waals surface area contributed by atoms with Crippen LogP contribution in [0.2, 0.25) is 5.02 Å². The monoisotopic (exact) mass is 176 g/mol. The standard InChI is InChI=1S/C7H6Cl2O/c8-4-5-1-2-7(10)6(9)3-5/h1-3,10H,4H2. The number of aromatic hydroxyl groups is 1. The van der Waals surface area contributed by atoms with Crippen molar-refractivity contribution < 1.29 is 5.11 Å². The molecular formula is C7H6Cl2O. The molecule has 0 bridgehead atoms. The fourth-order valence-corrected chi connectivity index (χ4v) is 1.00. The topological polar surface area (TPSA) is 20.2 Å². The van der Waals surface area contributed by atoms with E-state index in [1.165, 1.54) is 6.07 Å². The number of hydrogen-bond acceptors (Lipinski definition) is 1. The molecule has 1 aromatic rings. The third-order valence-corrected chi connectivity index (χ3v) is 1.78. The predicted octanol–water partition coefficient (Wildman–Crippen LogP) is 2.78. The summed E-state index contributed by atoms with van der Waals surface area (Å²) in [7, 11) is 0. The Morgan fingerprint density at radius 1 is 1.40 bits per heavy atom. The fraction of sp³-hybridized carbons (Fsp3) is 0.143. The van der Waals surface area contributed by atoms with Gasteiger partial charge in [-0.15, -0.1) is 11.6 Å². The lowest BCUT2D eigenvalue weighted by atomic mass is 10.2. The lowest BCUT2D eigenvalue weighted by molar-refractivity contribution is 0.475. The molecule has 0 unspecified atom stereocenters. The summed E-state index contributed by atoms with van der Waals surface area (Å²) in [6.45, 7) is 0. The number of alkyl halides is 1. The van der Waals surface area contributed by atoms with Crippen molar-refractivity contribution in [3.63, 3.8) is 0 Å². The second-order valence-electron chi connectivity index (χ2n) is 1.92. The van der Waals surface area contributed by atoms with E-state index in [1.807, 2.05) is 0 Å². The molecule has 0 amide bonds. The van der Waals surface area contributed by atoms with E-state index in [-0.39, 0.29) is 5.75 Å². The summed E-state index contributed by atoms with van der Waals surface area (Å²) in [6.07, 6.45) is 0. The zero-order valence-corrected chi connectivity index (χ0v) is 6.65. The molecule has 0 saturated heterocycles. The highest BCUT2D eigenvalue weighted by atomic mass is 35.5. The average molecular weight is 177 g/mol. The molecule has 3 heteroatoms. The lowest BCUT2D eigenvalue weighted by Crippen LogP contribution is -1.76. The molecule has 0 aliphatic carbocycles. The minimum atomic E-state index is 0.0931. The summed E-state index contributed by atoms with van der Waals surface area (Å²) in [5.41, 5.74) is 0.907. The second-order valence-corrected chi connectivity index (χ2v) is 2.59.